The highest BCUT2D eigenvalue weighted by molar-refractivity contribution is 5.90. The quantitative estimate of drug-likeness (QED) is 0.754. The first-order valence-electron chi connectivity index (χ1n) is 7.84. The second kappa shape index (κ2) is 6.78. The second-order valence-electron chi connectivity index (χ2n) is 5.93. The van der Waals surface area contributed by atoms with E-state index in [1.807, 2.05) is 0 Å². The molecular weight excluding hydrogens is 294 g/mol. The standard InChI is InChI=1S/C16H21N5O2/c1-11-4-2-3-5-13(11)12-6-8-21(10-12)9-7-17-15(22)14-18-16(23)20-19-14/h2-5,12H,6-10H2,1H3,(H,17,22)(H2,18,19,20,23). The molecule has 0 bridgehead atoms. The predicted molar refractivity (Wildman–Crippen MR) is 86.5 cm³/mol. The van der Waals surface area contributed by atoms with E-state index < -0.39 is 5.69 Å². The zero-order chi connectivity index (χ0) is 16.2. The van der Waals surface area contributed by atoms with Crippen LogP contribution in [0.25, 0.3) is 0 Å². The van der Waals surface area contributed by atoms with Gasteiger partial charge in [0, 0.05) is 19.6 Å². The van der Waals surface area contributed by atoms with E-state index in [1.165, 1.54) is 11.1 Å². The second-order valence-corrected chi connectivity index (χ2v) is 5.93. The number of carbonyl (C=O) groups is 1. The number of aromatic amines is 2. The summed E-state index contributed by atoms with van der Waals surface area (Å²) in [6.07, 6.45) is 1.14. The highest BCUT2D eigenvalue weighted by atomic mass is 16.2. The number of aromatic nitrogens is 3. The largest absolute Gasteiger partial charge is 0.348 e. The fourth-order valence-corrected chi connectivity index (χ4v) is 3.12. The monoisotopic (exact) mass is 315 g/mol. The third-order valence-corrected chi connectivity index (χ3v) is 4.33. The Hall–Kier alpha value is -2.41. The molecule has 7 heteroatoms. The molecule has 1 unspecified atom stereocenters. The topological polar surface area (TPSA) is 93.9 Å². The van der Waals surface area contributed by atoms with Gasteiger partial charge in [0.15, 0.2) is 0 Å². The van der Waals surface area contributed by atoms with Gasteiger partial charge in [-0.15, -0.1) is 5.10 Å². The van der Waals surface area contributed by atoms with Crippen LogP contribution in [0.2, 0.25) is 0 Å². The Balaban J connectivity index is 1.46. The molecule has 122 valence electrons. The van der Waals surface area contributed by atoms with Gasteiger partial charge in [-0.25, -0.2) is 9.89 Å². The van der Waals surface area contributed by atoms with Crippen molar-refractivity contribution in [3.63, 3.8) is 0 Å². The van der Waals surface area contributed by atoms with Crippen molar-refractivity contribution in [3.8, 4) is 0 Å². The van der Waals surface area contributed by atoms with E-state index in [0.717, 1.165) is 26.1 Å². The maximum atomic E-state index is 11.8. The van der Waals surface area contributed by atoms with E-state index >= 15 is 0 Å². The molecule has 2 aromatic rings. The fraction of sp³-hybridized carbons (Fsp3) is 0.438. The Morgan fingerprint density at radius 2 is 2.26 bits per heavy atom. The first-order chi connectivity index (χ1) is 11.1. The molecular formula is C16H21N5O2. The summed E-state index contributed by atoms with van der Waals surface area (Å²) in [6, 6.07) is 8.53. The molecule has 1 aromatic heterocycles. The summed E-state index contributed by atoms with van der Waals surface area (Å²) in [5, 5.41) is 8.56. The van der Waals surface area contributed by atoms with Crippen LogP contribution in [0.15, 0.2) is 29.1 Å². The van der Waals surface area contributed by atoms with Crippen molar-refractivity contribution in [2.24, 2.45) is 0 Å². The smallest absolute Gasteiger partial charge is 0.341 e. The zero-order valence-corrected chi connectivity index (χ0v) is 13.1. The minimum atomic E-state index is -0.476. The minimum Gasteiger partial charge on any atom is -0.348 e. The van der Waals surface area contributed by atoms with Crippen LogP contribution in [0.1, 0.15) is 34.1 Å². The molecule has 1 aliphatic rings. The van der Waals surface area contributed by atoms with Gasteiger partial charge < -0.3 is 10.2 Å². The highest BCUT2D eigenvalue weighted by Crippen LogP contribution is 2.28. The van der Waals surface area contributed by atoms with E-state index in [2.05, 4.69) is 56.6 Å². The van der Waals surface area contributed by atoms with Crippen LogP contribution >= 0.6 is 0 Å². The molecule has 0 saturated carbocycles. The van der Waals surface area contributed by atoms with Crippen molar-refractivity contribution in [1.29, 1.82) is 0 Å². The molecule has 3 rings (SSSR count). The number of nitrogens with zero attached hydrogens (tertiary/aromatic N) is 2. The van der Waals surface area contributed by atoms with E-state index in [4.69, 9.17) is 0 Å². The molecule has 0 radical (unpaired) electrons. The number of nitrogens with one attached hydrogen (secondary N) is 3. The number of H-pyrrole nitrogens is 2. The van der Waals surface area contributed by atoms with E-state index in [-0.39, 0.29) is 11.7 Å². The summed E-state index contributed by atoms with van der Waals surface area (Å²) in [7, 11) is 0. The molecule has 1 atom stereocenters. The summed E-state index contributed by atoms with van der Waals surface area (Å²) in [5.41, 5.74) is 2.29. The fourth-order valence-electron chi connectivity index (χ4n) is 3.12. The summed E-state index contributed by atoms with van der Waals surface area (Å²) in [6.45, 7) is 5.54. The predicted octanol–water partition coefficient (Wildman–Crippen LogP) is 0.626. The Kier molecular flexibility index (Phi) is 4.57. The van der Waals surface area contributed by atoms with Gasteiger partial charge in [0.25, 0.3) is 5.91 Å². The van der Waals surface area contributed by atoms with Gasteiger partial charge in [-0.05, 0) is 36.9 Å². The van der Waals surface area contributed by atoms with E-state index in [0.29, 0.717) is 12.5 Å². The number of benzene rings is 1. The molecule has 1 aromatic carbocycles. The summed E-state index contributed by atoms with van der Waals surface area (Å²) in [4.78, 5) is 27.4. The molecule has 2 heterocycles. The first-order valence-corrected chi connectivity index (χ1v) is 7.84. The number of aryl methyl sites for hydroxylation is 1. The summed E-state index contributed by atoms with van der Waals surface area (Å²) in [5.74, 6) is 0.224. The number of rotatable bonds is 5. The molecule has 1 aliphatic heterocycles. The minimum absolute atomic E-state index is 0.0224. The van der Waals surface area contributed by atoms with E-state index in [1.54, 1.807) is 0 Å². The molecule has 0 aliphatic carbocycles. The van der Waals surface area contributed by atoms with Gasteiger partial charge >= 0.3 is 5.69 Å². The van der Waals surface area contributed by atoms with Crippen LogP contribution in [0.5, 0.6) is 0 Å². The Labute approximate surface area is 134 Å². The molecule has 0 spiro atoms. The number of amides is 1. The average Bonchev–Trinajstić information content (AvgIpc) is 3.17. The van der Waals surface area contributed by atoms with Crippen molar-refractivity contribution >= 4 is 5.91 Å². The van der Waals surface area contributed by atoms with Crippen molar-refractivity contribution in [2.75, 3.05) is 26.2 Å². The Morgan fingerprint density at radius 3 is 3.00 bits per heavy atom. The summed E-state index contributed by atoms with van der Waals surface area (Å²) < 4.78 is 0. The van der Waals surface area contributed by atoms with Crippen LogP contribution in [-0.4, -0.2) is 52.2 Å². The number of carbonyl (C=O) groups excluding carboxylic acids is 1. The molecule has 1 fully saturated rings. The number of hydrogen-bond donors (Lipinski definition) is 3. The SMILES string of the molecule is Cc1ccccc1C1CCN(CCNC(=O)c2n[nH]c(=O)[nH]2)C1. The molecule has 1 amide bonds. The molecule has 3 N–H and O–H groups in total. The molecule has 1 saturated heterocycles. The Morgan fingerprint density at radius 1 is 1.43 bits per heavy atom. The zero-order valence-electron chi connectivity index (χ0n) is 13.1. The lowest BCUT2D eigenvalue weighted by Crippen LogP contribution is -2.34. The first kappa shape index (κ1) is 15.5. The normalized spacial score (nSPS) is 18.2. The van der Waals surface area contributed by atoms with Crippen LogP contribution in [-0.2, 0) is 0 Å². The highest BCUT2D eigenvalue weighted by Gasteiger charge is 2.24. The lowest BCUT2D eigenvalue weighted by molar-refractivity contribution is 0.0939. The molecule has 23 heavy (non-hydrogen) atoms. The van der Waals surface area contributed by atoms with Crippen LogP contribution < -0.4 is 11.0 Å². The van der Waals surface area contributed by atoms with Gasteiger partial charge in [-0.1, -0.05) is 24.3 Å². The van der Waals surface area contributed by atoms with Crippen LogP contribution in [0.3, 0.4) is 0 Å². The van der Waals surface area contributed by atoms with Crippen molar-refractivity contribution < 1.29 is 4.79 Å². The average molecular weight is 315 g/mol. The van der Waals surface area contributed by atoms with E-state index in [9.17, 15) is 9.59 Å². The number of likely N-dealkylation sites (tertiary alicyclic amines) is 1. The Bertz CT molecular complexity index is 736. The van der Waals surface area contributed by atoms with Crippen LogP contribution in [0.4, 0.5) is 0 Å². The maximum absolute atomic E-state index is 11.8. The van der Waals surface area contributed by atoms with Crippen molar-refractivity contribution in [3.05, 3.63) is 51.7 Å². The van der Waals surface area contributed by atoms with Crippen LogP contribution in [0, 0.1) is 6.92 Å². The lowest BCUT2D eigenvalue weighted by atomic mass is 9.94. The van der Waals surface area contributed by atoms with Gasteiger partial charge in [0.2, 0.25) is 5.82 Å². The third kappa shape index (κ3) is 3.68. The van der Waals surface area contributed by atoms with Gasteiger partial charge in [-0.3, -0.25) is 9.78 Å². The maximum Gasteiger partial charge on any atom is 0.341 e. The van der Waals surface area contributed by atoms with Gasteiger partial charge in [0.1, 0.15) is 0 Å². The summed E-state index contributed by atoms with van der Waals surface area (Å²) >= 11 is 0. The van der Waals surface area contributed by atoms with Gasteiger partial charge in [-0.2, -0.15) is 0 Å². The van der Waals surface area contributed by atoms with Gasteiger partial charge in [0.05, 0.1) is 0 Å². The third-order valence-electron chi connectivity index (χ3n) is 4.33. The van der Waals surface area contributed by atoms with Crippen molar-refractivity contribution in [1.82, 2.24) is 25.4 Å². The van der Waals surface area contributed by atoms with Crippen molar-refractivity contribution in [2.45, 2.75) is 19.3 Å². The number of hydrogen-bond acceptors (Lipinski definition) is 4. The lowest BCUT2D eigenvalue weighted by Gasteiger charge is -2.17. The molecule has 7 nitrogen and oxygen atoms in total.